The van der Waals surface area contributed by atoms with Gasteiger partial charge in [-0.05, 0) is 29.7 Å². The number of furan rings is 1. The molecular formula is C51H31N5O. The standard InChI is InChI=1S/C51H31N5O/c1-4-16-32(17-5-1)35-24-14-25-40-45-43(28-15-29-44(45)57-48(35)40)55-41-26-12-10-22-36(41)38-30-31-39-37-23-11-13-27-42(37)56(47(39)46(38)55)51-53-49(33-18-6-2-7-19-33)52-50(54-51)34-20-8-3-9-21-34/h1-31H/i1D,2D,3D,4D,5D,6D,7D,8D,9D,10D,11D,12D,13D,14D,15D,16D,17D,18D,19D,20D,22D,23D,24D,25D,26D,27D,28D,29D,30D,31D. The Kier molecular flexibility index (Phi) is 3.04. The Morgan fingerprint density at radius 2 is 0.982 bits per heavy atom. The molecule has 8 aromatic carbocycles. The van der Waals surface area contributed by atoms with Gasteiger partial charge in [0.25, 0.3) is 0 Å². The summed E-state index contributed by atoms with van der Waals surface area (Å²) < 4.78 is 279. The van der Waals surface area contributed by atoms with Gasteiger partial charge in [-0.15, -0.1) is 0 Å². The molecule has 266 valence electrons. The largest absolute Gasteiger partial charge is 0.455 e. The molecule has 12 rings (SSSR count). The fraction of sp³-hybridized carbons (Fsp3) is 0. The first-order valence-corrected chi connectivity index (χ1v) is 16.7. The highest BCUT2D eigenvalue weighted by Crippen LogP contribution is 2.45. The first kappa shape index (κ1) is 14.0. The Bertz CT molecular complexity index is 5240. The van der Waals surface area contributed by atoms with E-state index in [0.717, 1.165) is 15.2 Å². The van der Waals surface area contributed by atoms with Crippen molar-refractivity contribution in [3.63, 3.8) is 0 Å². The average molecular weight is 760 g/mol. The minimum absolute atomic E-state index is 0.524. The molecule has 0 saturated carbocycles. The van der Waals surface area contributed by atoms with Crippen molar-refractivity contribution in [2.24, 2.45) is 0 Å². The van der Waals surface area contributed by atoms with Crippen LogP contribution in [0.25, 0.3) is 111 Å². The first-order chi connectivity index (χ1) is 40.7. The van der Waals surface area contributed by atoms with Crippen molar-refractivity contribution in [1.82, 2.24) is 24.1 Å². The van der Waals surface area contributed by atoms with Crippen LogP contribution in [-0.4, -0.2) is 24.1 Å². The van der Waals surface area contributed by atoms with Gasteiger partial charge in [0.2, 0.25) is 5.95 Å². The fourth-order valence-electron chi connectivity index (χ4n) is 6.87. The second-order valence-corrected chi connectivity index (χ2v) is 12.2. The van der Waals surface area contributed by atoms with Gasteiger partial charge in [0, 0.05) is 43.6 Å². The SMILES string of the molecule is [2H]c1cc(-c2nc(-c3c([2H])c([2H])c([2H])c([2H])c3[2H])nc(-n3c4c([2H])c([2H])c([2H])c([2H])c4c4c([2H])c([2H])c5c6c([2H])c([2H])c([2H])c([2H])c6n(-c6c([2H])c([2H])c([2H])c7oc8c(-c9c([2H])c([2H])c([2H])c([2H])c9[2H])c([2H])c([2H])c([2H])c8c67)c5c43)n2)c([2H])c([2H])c1[2H]. The average Bonchev–Trinajstić information content (AvgIpc) is 1.52. The first-order valence-electron chi connectivity index (χ1n) is 31.7. The highest BCUT2D eigenvalue weighted by Gasteiger charge is 2.25. The molecule has 0 atom stereocenters. The van der Waals surface area contributed by atoms with E-state index in [-0.39, 0.29) is 0 Å². The van der Waals surface area contributed by atoms with Gasteiger partial charge < -0.3 is 8.98 Å². The second kappa shape index (κ2) is 12.3. The zero-order chi connectivity index (χ0) is 63.6. The van der Waals surface area contributed by atoms with E-state index in [2.05, 4.69) is 15.0 Å². The molecule has 0 bridgehead atoms. The molecule has 0 aliphatic carbocycles. The van der Waals surface area contributed by atoms with E-state index in [1.54, 1.807) is 0 Å². The van der Waals surface area contributed by atoms with Crippen LogP contribution in [0.4, 0.5) is 0 Å². The third-order valence-electron chi connectivity index (χ3n) is 9.15. The molecular weight excluding hydrogens is 699 g/mol. The summed E-state index contributed by atoms with van der Waals surface area (Å²) >= 11 is 0. The van der Waals surface area contributed by atoms with Crippen molar-refractivity contribution in [3.05, 3.63) is 187 Å². The Morgan fingerprint density at radius 1 is 0.421 bits per heavy atom. The monoisotopic (exact) mass is 759 g/mol. The normalized spacial score (nSPS) is 19.2. The summed E-state index contributed by atoms with van der Waals surface area (Å²) in [6.45, 7) is 0. The molecule has 0 N–H and O–H groups in total. The summed E-state index contributed by atoms with van der Waals surface area (Å²) in [5.41, 5.74) is -7.69. The van der Waals surface area contributed by atoms with E-state index >= 15 is 0 Å². The lowest BCUT2D eigenvalue weighted by Gasteiger charge is -2.14. The van der Waals surface area contributed by atoms with Gasteiger partial charge in [-0.2, -0.15) is 9.97 Å². The van der Waals surface area contributed by atoms with Crippen LogP contribution >= 0.6 is 0 Å². The van der Waals surface area contributed by atoms with Crippen LogP contribution in [0.5, 0.6) is 0 Å². The molecule has 0 aliphatic rings. The quantitative estimate of drug-likeness (QED) is 0.175. The van der Waals surface area contributed by atoms with Crippen molar-refractivity contribution in [3.8, 4) is 45.5 Å². The van der Waals surface area contributed by atoms with Crippen LogP contribution in [0.1, 0.15) is 41.1 Å². The number of hydrogen-bond acceptors (Lipinski definition) is 4. The van der Waals surface area contributed by atoms with Crippen molar-refractivity contribution in [2.75, 3.05) is 0 Å². The molecule has 0 fully saturated rings. The maximum absolute atomic E-state index is 9.86. The molecule has 0 radical (unpaired) electrons. The van der Waals surface area contributed by atoms with Gasteiger partial charge >= 0.3 is 0 Å². The summed E-state index contributed by atoms with van der Waals surface area (Å²) in [7, 11) is 0. The lowest BCUT2D eigenvalue weighted by Crippen LogP contribution is -2.07. The second-order valence-electron chi connectivity index (χ2n) is 12.2. The van der Waals surface area contributed by atoms with E-state index in [4.69, 9.17) is 31.8 Å². The summed E-state index contributed by atoms with van der Waals surface area (Å²) in [5, 5.41) is -3.76. The summed E-state index contributed by atoms with van der Waals surface area (Å²) in [5.74, 6) is -2.48. The molecule has 0 aliphatic heterocycles. The molecule has 0 saturated heterocycles. The third kappa shape index (κ3) is 4.74. The van der Waals surface area contributed by atoms with Crippen molar-refractivity contribution >= 4 is 65.6 Å². The Morgan fingerprint density at radius 3 is 1.72 bits per heavy atom. The van der Waals surface area contributed by atoms with Crippen LogP contribution in [0, 0.1) is 0 Å². The van der Waals surface area contributed by atoms with Crippen molar-refractivity contribution in [2.45, 2.75) is 0 Å². The van der Waals surface area contributed by atoms with Crippen LogP contribution < -0.4 is 0 Å². The number of benzene rings is 8. The minimum Gasteiger partial charge on any atom is -0.455 e. The Labute approximate surface area is 368 Å². The number of nitrogens with zero attached hydrogens (tertiary/aromatic N) is 5. The molecule has 0 amide bonds. The molecule has 12 aromatic rings. The van der Waals surface area contributed by atoms with Crippen LogP contribution in [0.3, 0.4) is 0 Å². The molecule has 6 nitrogen and oxygen atoms in total. The van der Waals surface area contributed by atoms with E-state index < -0.39 is 292 Å². The molecule has 4 aromatic heterocycles. The maximum Gasteiger partial charge on any atom is 0.238 e. The highest BCUT2D eigenvalue weighted by molar-refractivity contribution is 6.25. The topological polar surface area (TPSA) is 61.7 Å². The highest BCUT2D eigenvalue weighted by atomic mass is 16.3. The zero-order valence-electron chi connectivity index (χ0n) is 58.2. The molecule has 57 heavy (non-hydrogen) atoms. The van der Waals surface area contributed by atoms with Crippen LogP contribution in [-0.2, 0) is 0 Å². The Balaban J connectivity index is 1.42. The smallest absolute Gasteiger partial charge is 0.238 e. The summed E-state index contributed by atoms with van der Waals surface area (Å²) in [6.07, 6.45) is 0. The summed E-state index contributed by atoms with van der Waals surface area (Å²) in [6, 6.07) is -26.5. The number of hydrogen-bond donors (Lipinski definition) is 0. The molecule has 6 heteroatoms. The minimum atomic E-state index is -1.04. The van der Waals surface area contributed by atoms with Gasteiger partial charge in [0.1, 0.15) is 11.2 Å². The van der Waals surface area contributed by atoms with Crippen LogP contribution in [0.15, 0.2) is 192 Å². The van der Waals surface area contributed by atoms with E-state index in [1.807, 2.05) is 0 Å². The number of fused-ring (bicyclic) bond motifs is 10. The predicted octanol–water partition coefficient (Wildman–Crippen LogP) is 13.0. The van der Waals surface area contributed by atoms with Crippen molar-refractivity contribution < 1.29 is 45.5 Å². The number of rotatable bonds is 5. The Hall–Kier alpha value is -7.83. The predicted molar refractivity (Wildman–Crippen MR) is 232 cm³/mol. The molecule has 0 unspecified atom stereocenters. The number of para-hydroxylation sites is 3. The van der Waals surface area contributed by atoms with Gasteiger partial charge in [-0.1, -0.05) is 163 Å². The van der Waals surface area contributed by atoms with E-state index in [0.29, 0.717) is 0 Å². The van der Waals surface area contributed by atoms with Gasteiger partial charge in [-0.25, -0.2) is 4.98 Å². The van der Waals surface area contributed by atoms with Gasteiger partial charge in [0.15, 0.2) is 11.6 Å². The zero-order valence-corrected chi connectivity index (χ0v) is 28.2. The van der Waals surface area contributed by atoms with Gasteiger partial charge in [-0.3, -0.25) is 4.57 Å². The lowest BCUT2D eigenvalue weighted by molar-refractivity contribution is 0.670. The number of aromatic nitrogens is 5. The van der Waals surface area contributed by atoms with E-state index in [1.165, 1.54) is 0 Å². The summed E-state index contributed by atoms with van der Waals surface area (Å²) in [4.78, 5) is 13.5. The fourth-order valence-corrected chi connectivity index (χ4v) is 6.87. The van der Waals surface area contributed by atoms with Gasteiger partial charge in [0.05, 0.1) is 74.3 Å². The molecule has 0 spiro atoms. The maximum atomic E-state index is 9.86. The lowest BCUT2D eigenvalue weighted by atomic mass is 10.0. The van der Waals surface area contributed by atoms with Crippen molar-refractivity contribution in [1.29, 1.82) is 0 Å². The third-order valence-corrected chi connectivity index (χ3v) is 9.15. The van der Waals surface area contributed by atoms with E-state index in [9.17, 15) is 13.7 Å². The molecule has 4 heterocycles. The van der Waals surface area contributed by atoms with Crippen LogP contribution in [0.2, 0.25) is 0 Å².